The average Bonchev–Trinajstić information content (AvgIpc) is 3.31. The largest absolute Gasteiger partial charge is 0.350 e. The quantitative estimate of drug-likeness (QED) is 0.717. The van der Waals surface area contributed by atoms with Crippen LogP contribution in [0, 0.1) is 5.92 Å². The molecule has 136 valence electrons. The van der Waals surface area contributed by atoms with Crippen LogP contribution in [0.3, 0.4) is 0 Å². The molecule has 0 bridgehead atoms. The van der Waals surface area contributed by atoms with Gasteiger partial charge in [0.25, 0.3) is 0 Å². The van der Waals surface area contributed by atoms with Crippen molar-refractivity contribution < 1.29 is 4.79 Å². The average molecular weight is 369 g/mol. The van der Waals surface area contributed by atoms with Crippen molar-refractivity contribution >= 4 is 34.0 Å². The maximum atomic E-state index is 12.3. The number of para-hydroxylation sites is 1. The van der Waals surface area contributed by atoms with Crippen molar-refractivity contribution in [2.24, 2.45) is 13.0 Å². The van der Waals surface area contributed by atoms with Crippen molar-refractivity contribution in [3.8, 4) is 0 Å². The van der Waals surface area contributed by atoms with E-state index in [-0.39, 0.29) is 11.8 Å². The first-order valence-electron chi connectivity index (χ1n) is 9.17. The van der Waals surface area contributed by atoms with Gasteiger partial charge in [-0.3, -0.25) is 4.79 Å². The molecule has 0 aliphatic heterocycles. The molecule has 2 heterocycles. The van der Waals surface area contributed by atoms with Gasteiger partial charge in [0.1, 0.15) is 0 Å². The van der Waals surface area contributed by atoms with Gasteiger partial charge >= 0.3 is 0 Å². The highest BCUT2D eigenvalue weighted by molar-refractivity contribution is 7.04. The molecular weight excluding hydrogens is 344 g/mol. The molecule has 0 saturated heterocycles. The lowest BCUT2D eigenvalue weighted by atomic mass is 9.85. The Kier molecular flexibility index (Phi) is 5.04. The number of carbonyl (C=O) groups excluding carboxylic acids is 1. The minimum Gasteiger partial charge on any atom is -0.350 e. The Balaban J connectivity index is 1.30. The predicted molar refractivity (Wildman–Crippen MR) is 106 cm³/mol. The molecule has 2 aromatic heterocycles. The van der Waals surface area contributed by atoms with Gasteiger partial charge in [0, 0.05) is 37.1 Å². The Labute approximate surface area is 157 Å². The first-order valence-corrected chi connectivity index (χ1v) is 10.0. The smallest absolute Gasteiger partial charge is 0.227 e. The van der Waals surface area contributed by atoms with E-state index in [0.29, 0.717) is 6.04 Å². The Morgan fingerprint density at radius 2 is 2.12 bits per heavy atom. The molecule has 1 amide bonds. The minimum atomic E-state index is 0.115. The van der Waals surface area contributed by atoms with Crippen LogP contribution in [0.4, 0.5) is 5.69 Å². The maximum Gasteiger partial charge on any atom is 0.227 e. The van der Waals surface area contributed by atoms with Gasteiger partial charge in [0.15, 0.2) is 0 Å². The summed E-state index contributed by atoms with van der Waals surface area (Å²) in [5.74, 6) is 0.251. The zero-order chi connectivity index (χ0) is 17.9. The molecule has 3 aromatic rings. The topological polar surface area (TPSA) is 59.0 Å². The Hall–Kier alpha value is -2.18. The number of carbonyl (C=O) groups is 1. The van der Waals surface area contributed by atoms with Gasteiger partial charge in [0.2, 0.25) is 5.91 Å². The second-order valence-corrected chi connectivity index (χ2v) is 7.77. The second-order valence-electron chi connectivity index (χ2n) is 7.11. The number of hydrogen-bond donors (Lipinski definition) is 2. The van der Waals surface area contributed by atoms with Crippen LogP contribution in [-0.2, 0) is 18.4 Å². The Morgan fingerprint density at radius 3 is 2.88 bits per heavy atom. The van der Waals surface area contributed by atoms with Crippen LogP contribution in [0.15, 0.2) is 42.0 Å². The lowest BCUT2D eigenvalue weighted by molar-refractivity contribution is -0.120. The lowest BCUT2D eigenvalue weighted by Gasteiger charge is -2.28. The van der Waals surface area contributed by atoms with Gasteiger partial charge in [-0.05, 0) is 54.2 Å². The van der Waals surface area contributed by atoms with E-state index in [1.54, 1.807) is 6.20 Å². The maximum absolute atomic E-state index is 12.3. The van der Waals surface area contributed by atoms with Crippen LogP contribution < -0.4 is 10.6 Å². The number of benzene rings is 1. The van der Waals surface area contributed by atoms with Crippen molar-refractivity contribution in [3.63, 3.8) is 0 Å². The fraction of sp³-hybridized carbons (Fsp3) is 0.400. The van der Waals surface area contributed by atoms with Crippen molar-refractivity contribution in [1.82, 2.24) is 14.3 Å². The fourth-order valence-corrected chi connectivity index (χ4v) is 4.38. The van der Waals surface area contributed by atoms with E-state index >= 15 is 0 Å². The third-order valence-electron chi connectivity index (χ3n) is 5.36. The summed E-state index contributed by atoms with van der Waals surface area (Å²) in [7, 11) is 2.10. The summed E-state index contributed by atoms with van der Waals surface area (Å²) in [6.07, 6.45) is 7.79. The highest BCUT2D eigenvalue weighted by atomic mass is 32.1. The highest BCUT2D eigenvalue weighted by Crippen LogP contribution is 2.27. The summed E-state index contributed by atoms with van der Waals surface area (Å²) in [6, 6.07) is 9.12. The summed E-state index contributed by atoms with van der Waals surface area (Å²) >= 11 is 1.36. The van der Waals surface area contributed by atoms with Crippen LogP contribution in [0.1, 0.15) is 31.2 Å². The molecule has 0 radical (unpaired) electrons. The molecule has 26 heavy (non-hydrogen) atoms. The predicted octanol–water partition coefficient (Wildman–Crippen LogP) is 3.92. The molecule has 1 aliphatic carbocycles. The SMILES string of the molecule is Cn1ccc2cccc(CNC3CCC(C(=O)Nc4cnsc4)CC3)c21. The normalized spacial score (nSPS) is 20.3. The molecular formula is C20H24N4OS. The van der Waals surface area contributed by atoms with Crippen LogP contribution in [0.25, 0.3) is 10.9 Å². The van der Waals surface area contributed by atoms with Gasteiger partial charge in [-0.25, -0.2) is 0 Å². The molecule has 2 N–H and O–H groups in total. The van der Waals surface area contributed by atoms with Gasteiger partial charge in [-0.1, -0.05) is 18.2 Å². The molecule has 1 aromatic carbocycles. The molecule has 0 spiro atoms. The number of aromatic nitrogens is 2. The van der Waals surface area contributed by atoms with Crippen LogP contribution in [0.2, 0.25) is 0 Å². The van der Waals surface area contributed by atoms with E-state index in [1.807, 2.05) is 5.38 Å². The van der Waals surface area contributed by atoms with E-state index in [2.05, 4.69) is 57.1 Å². The number of rotatable bonds is 5. The third kappa shape index (κ3) is 3.66. The minimum absolute atomic E-state index is 0.115. The summed E-state index contributed by atoms with van der Waals surface area (Å²) in [5, 5.41) is 9.83. The van der Waals surface area contributed by atoms with Gasteiger partial charge < -0.3 is 15.2 Å². The van der Waals surface area contributed by atoms with Crippen molar-refractivity contribution in [2.45, 2.75) is 38.3 Å². The number of anilines is 1. The molecule has 1 saturated carbocycles. The van der Waals surface area contributed by atoms with Crippen LogP contribution in [-0.4, -0.2) is 20.9 Å². The van der Waals surface area contributed by atoms with E-state index in [9.17, 15) is 4.79 Å². The van der Waals surface area contributed by atoms with Gasteiger partial charge in [-0.15, -0.1) is 0 Å². The molecule has 6 heteroatoms. The fourth-order valence-electron chi connectivity index (χ4n) is 3.91. The van der Waals surface area contributed by atoms with Crippen LogP contribution >= 0.6 is 11.5 Å². The number of aryl methyl sites for hydroxylation is 1. The van der Waals surface area contributed by atoms with Gasteiger partial charge in [0.05, 0.1) is 17.4 Å². The Bertz CT molecular complexity index is 878. The molecule has 0 unspecified atom stereocenters. The number of amides is 1. The molecule has 4 rings (SSSR count). The van der Waals surface area contributed by atoms with Crippen molar-refractivity contribution in [2.75, 3.05) is 5.32 Å². The first kappa shape index (κ1) is 17.2. The van der Waals surface area contributed by atoms with Gasteiger partial charge in [-0.2, -0.15) is 4.37 Å². The van der Waals surface area contributed by atoms with Crippen LogP contribution in [0.5, 0.6) is 0 Å². The van der Waals surface area contributed by atoms with Crippen molar-refractivity contribution in [1.29, 1.82) is 0 Å². The standard InChI is InChI=1S/C20H24N4OS/c1-24-10-9-14-3-2-4-16(19(14)24)11-21-17-7-5-15(6-8-17)20(25)23-18-12-22-26-13-18/h2-4,9-10,12-13,15,17,21H,5-8,11H2,1H3,(H,23,25). The number of nitrogens with one attached hydrogen (secondary N) is 2. The zero-order valence-corrected chi connectivity index (χ0v) is 15.8. The first-order chi connectivity index (χ1) is 12.7. The van der Waals surface area contributed by atoms with E-state index < -0.39 is 0 Å². The van der Waals surface area contributed by atoms with E-state index in [4.69, 9.17) is 0 Å². The van der Waals surface area contributed by atoms with Crippen molar-refractivity contribution in [3.05, 3.63) is 47.6 Å². The summed E-state index contributed by atoms with van der Waals surface area (Å²) < 4.78 is 6.21. The molecule has 0 atom stereocenters. The second kappa shape index (κ2) is 7.60. The summed E-state index contributed by atoms with van der Waals surface area (Å²) in [5.41, 5.74) is 3.45. The monoisotopic (exact) mass is 368 g/mol. The van der Waals surface area contributed by atoms with E-state index in [0.717, 1.165) is 37.9 Å². The summed E-state index contributed by atoms with van der Waals surface area (Å²) in [4.78, 5) is 12.3. The number of hydrogen-bond acceptors (Lipinski definition) is 4. The number of nitrogens with zero attached hydrogens (tertiary/aromatic N) is 2. The molecule has 1 fully saturated rings. The highest BCUT2D eigenvalue weighted by Gasteiger charge is 2.26. The lowest BCUT2D eigenvalue weighted by Crippen LogP contribution is -2.36. The van der Waals surface area contributed by atoms with E-state index in [1.165, 1.54) is 28.0 Å². The third-order valence-corrected chi connectivity index (χ3v) is 5.95. The molecule has 1 aliphatic rings. The number of fused-ring (bicyclic) bond motifs is 1. The molecule has 5 nitrogen and oxygen atoms in total. The zero-order valence-electron chi connectivity index (χ0n) is 14.9. The summed E-state index contributed by atoms with van der Waals surface area (Å²) in [6.45, 7) is 0.872. The Morgan fingerprint density at radius 1 is 1.27 bits per heavy atom.